The molecule has 0 aliphatic rings. The van der Waals surface area contributed by atoms with E-state index in [0.29, 0.717) is 32.2 Å². The lowest BCUT2D eigenvalue weighted by Gasteiger charge is -2.09. The number of nitrogens with one attached hydrogen (secondary N) is 2. The third-order valence-electron chi connectivity index (χ3n) is 5.11. The third-order valence-corrected chi connectivity index (χ3v) is 8.31. The standard InChI is InChI=1S/C25H18ClN5O4S2/c26-17-6-9-20-21(12-17)29-15-30-25(20)35-22-10-7-18(13-27-22)31-37(33,34)23-11-8-19(36-23)14-28-24(32)16-4-2-1-3-5-16/h1-13,15,31H,14H2,(H,28,32). The van der Waals surface area contributed by atoms with Crippen molar-refractivity contribution in [2.45, 2.75) is 10.8 Å². The first-order chi connectivity index (χ1) is 17.9. The van der Waals surface area contributed by atoms with Crippen LogP contribution in [0.15, 0.2) is 89.5 Å². The number of fused-ring (bicyclic) bond motifs is 1. The topological polar surface area (TPSA) is 123 Å². The molecule has 5 aromatic rings. The van der Waals surface area contributed by atoms with E-state index in [4.69, 9.17) is 16.3 Å². The molecule has 186 valence electrons. The summed E-state index contributed by atoms with van der Waals surface area (Å²) in [6, 6.07) is 20.2. The minimum Gasteiger partial charge on any atom is -0.420 e. The van der Waals surface area contributed by atoms with Crippen LogP contribution in [-0.2, 0) is 16.6 Å². The van der Waals surface area contributed by atoms with Gasteiger partial charge in [0.25, 0.3) is 15.9 Å². The molecule has 3 heterocycles. The van der Waals surface area contributed by atoms with Gasteiger partial charge < -0.3 is 10.1 Å². The van der Waals surface area contributed by atoms with Gasteiger partial charge >= 0.3 is 0 Å². The van der Waals surface area contributed by atoms with Gasteiger partial charge in [-0.3, -0.25) is 9.52 Å². The van der Waals surface area contributed by atoms with Crippen LogP contribution in [-0.4, -0.2) is 29.3 Å². The first-order valence-corrected chi connectivity index (χ1v) is 13.5. The van der Waals surface area contributed by atoms with Crippen LogP contribution >= 0.6 is 22.9 Å². The number of benzene rings is 2. The first kappa shape index (κ1) is 24.6. The van der Waals surface area contributed by atoms with Crippen LogP contribution in [0.25, 0.3) is 10.9 Å². The summed E-state index contributed by atoms with van der Waals surface area (Å²) in [5, 5.41) is 3.99. The zero-order valence-corrected chi connectivity index (χ0v) is 21.3. The molecule has 12 heteroatoms. The van der Waals surface area contributed by atoms with Gasteiger partial charge in [-0.25, -0.2) is 23.4 Å². The third kappa shape index (κ3) is 5.85. The normalized spacial score (nSPS) is 11.3. The molecule has 2 aromatic carbocycles. The van der Waals surface area contributed by atoms with Crippen molar-refractivity contribution >= 4 is 55.5 Å². The second-order valence-corrected chi connectivity index (χ2v) is 11.2. The largest absolute Gasteiger partial charge is 0.420 e. The van der Waals surface area contributed by atoms with Crippen molar-refractivity contribution in [3.05, 3.63) is 101 Å². The molecule has 9 nitrogen and oxygen atoms in total. The first-order valence-electron chi connectivity index (χ1n) is 10.9. The number of carbonyl (C=O) groups is 1. The Labute approximate surface area is 221 Å². The number of hydrogen-bond donors (Lipinski definition) is 2. The SMILES string of the molecule is O=C(NCc1ccc(S(=O)(=O)Nc2ccc(Oc3ncnc4cc(Cl)ccc34)nc2)s1)c1ccccc1. The minimum atomic E-state index is -3.85. The van der Waals surface area contributed by atoms with Crippen LogP contribution in [0.2, 0.25) is 5.02 Å². The highest BCUT2D eigenvalue weighted by molar-refractivity contribution is 7.94. The van der Waals surface area contributed by atoms with Crippen LogP contribution in [0, 0.1) is 0 Å². The van der Waals surface area contributed by atoms with Gasteiger partial charge in [0, 0.05) is 21.5 Å². The summed E-state index contributed by atoms with van der Waals surface area (Å²) < 4.78 is 34.1. The van der Waals surface area contributed by atoms with Crippen LogP contribution in [0.3, 0.4) is 0 Å². The quantitative estimate of drug-likeness (QED) is 0.269. The molecule has 37 heavy (non-hydrogen) atoms. The lowest BCUT2D eigenvalue weighted by atomic mass is 10.2. The number of amides is 1. The Morgan fingerprint density at radius 2 is 1.81 bits per heavy atom. The number of pyridine rings is 1. The lowest BCUT2D eigenvalue weighted by molar-refractivity contribution is 0.0951. The Morgan fingerprint density at radius 1 is 0.973 bits per heavy atom. The number of hydrogen-bond acceptors (Lipinski definition) is 8. The number of nitrogens with zero attached hydrogens (tertiary/aromatic N) is 3. The number of anilines is 1. The van der Waals surface area contributed by atoms with Gasteiger partial charge in [-0.1, -0.05) is 29.8 Å². The van der Waals surface area contributed by atoms with Gasteiger partial charge in [-0.15, -0.1) is 11.3 Å². The van der Waals surface area contributed by atoms with Gasteiger partial charge in [-0.2, -0.15) is 0 Å². The molecule has 0 aliphatic carbocycles. The molecule has 5 rings (SSSR count). The minimum absolute atomic E-state index is 0.114. The lowest BCUT2D eigenvalue weighted by Crippen LogP contribution is -2.22. The van der Waals surface area contributed by atoms with Crippen molar-refractivity contribution < 1.29 is 17.9 Å². The van der Waals surface area contributed by atoms with E-state index in [-0.39, 0.29) is 28.2 Å². The summed E-state index contributed by atoms with van der Waals surface area (Å²) in [6.45, 7) is 0.214. The van der Waals surface area contributed by atoms with E-state index >= 15 is 0 Å². The molecule has 0 saturated carbocycles. The average molecular weight is 552 g/mol. The maximum atomic E-state index is 12.8. The molecule has 0 saturated heterocycles. The number of halogens is 1. The Kier molecular flexibility index (Phi) is 6.99. The molecule has 0 unspecified atom stereocenters. The van der Waals surface area contributed by atoms with Gasteiger partial charge in [0.05, 0.1) is 29.3 Å². The molecule has 0 fully saturated rings. The predicted octanol–water partition coefficient (Wildman–Crippen LogP) is 5.26. The highest BCUT2D eigenvalue weighted by Gasteiger charge is 2.18. The highest BCUT2D eigenvalue weighted by atomic mass is 35.5. The maximum Gasteiger partial charge on any atom is 0.271 e. The summed E-state index contributed by atoms with van der Waals surface area (Å²) >= 11 is 7.08. The average Bonchev–Trinajstić information content (AvgIpc) is 3.39. The molecule has 0 atom stereocenters. The van der Waals surface area contributed by atoms with Gasteiger partial charge in [0.1, 0.15) is 10.5 Å². The molecular formula is C25H18ClN5O4S2. The summed E-state index contributed by atoms with van der Waals surface area (Å²) in [5.74, 6) is 0.294. The molecule has 1 amide bonds. The fourth-order valence-electron chi connectivity index (χ4n) is 3.35. The zero-order valence-electron chi connectivity index (χ0n) is 19.0. The van der Waals surface area contributed by atoms with E-state index in [1.807, 2.05) is 6.07 Å². The van der Waals surface area contributed by atoms with Gasteiger partial charge in [0.2, 0.25) is 11.8 Å². The summed E-state index contributed by atoms with van der Waals surface area (Å²) in [6.07, 6.45) is 2.71. The van der Waals surface area contributed by atoms with E-state index < -0.39 is 10.0 Å². The summed E-state index contributed by atoms with van der Waals surface area (Å²) in [5.41, 5.74) is 1.42. The van der Waals surface area contributed by atoms with E-state index in [1.165, 1.54) is 30.7 Å². The number of ether oxygens (including phenoxy) is 1. The molecule has 0 spiro atoms. The zero-order chi connectivity index (χ0) is 25.8. The highest BCUT2D eigenvalue weighted by Crippen LogP contribution is 2.28. The van der Waals surface area contributed by atoms with Crippen molar-refractivity contribution in [1.29, 1.82) is 0 Å². The summed E-state index contributed by atoms with van der Waals surface area (Å²) in [7, 11) is -3.85. The Balaban J connectivity index is 1.23. The number of thiophene rings is 1. The van der Waals surface area contributed by atoms with Crippen LogP contribution in [0.5, 0.6) is 11.8 Å². The van der Waals surface area contributed by atoms with Gasteiger partial charge in [0.15, 0.2) is 0 Å². The molecule has 2 N–H and O–H groups in total. The van der Waals surface area contributed by atoms with E-state index in [9.17, 15) is 13.2 Å². The van der Waals surface area contributed by atoms with Crippen molar-refractivity contribution in [2.75, 3.05) is 4.72 Å². The predicted molar refractivity (Wildman–Crippen MR) is 142 cm³/mol. The monoisotopic (exact) mass is 551 g/mol. The van der Waals surface area contributed by atoms with E-state index in [1.54, 1.807) is 48.5 Å². The second-order valence-electron chi connectivity index (χ2n) is 7.70. The Bertz CT molecular complexity index is 1680. The number of aromatic nitrogens is 3. The maximum absolute atomic E-state index is 12.8. The fraction of sp³-hybridized carbons (Fsp3) is 0.0400. The Hall–Kier alpha value is -4.06. The van der Waals surface area contributed by atoms with Crippen molar-refractivity contribution in [3.63, 3.8) is 0 Å². The number of carbonyl (C=O) groups excluding carboxylic acids is 1. The van der Waals surface area contributed by atoms with Crippen LogP contribution in [0.4, 0.5) is 5.69 Å². The Morgan fingerprint density at radius 3 is 2.59 bits per heavy atom. The summed E-state index contributed by atoms with van der Waals surface area (Å²) in [4.78, 5) is 25.4. The smallest absolute Gasteiger partial charge is 0.271 e. The van der Waals surface area contributed by atoms with E-state index in [0.717, 1.165) is 11.3 Å². The number of rotatable bonds is 8. The molecular weight excluding hydrogens is 534 g/mol. The number of sulfonamides is 1. The van der Waals surface area contributed by atoms with Crippen LogP contribution < -0.4 is 14.8 Å². The molecule has 3 aromatic heterocycles. The molecule has 0 aliphatic heterocycles. The second kappa shape index (κ2) is 10.5. The molecule has 0 bridgehead atoms. The fourth-order valence-corrected chi connectivity index (χ4v) is 5.85. The van der Waals surface area contributed by atoms with Crippen molar-refractivity contribution in [1.82, 2.24) is 20.3 Å². The van der Waals surface area contributed by atoms with E-state index in [2.05, 4.69) is 25.0 Å². The van der Waals surface area contributed by atoms with Crippen LogP contribution in [0.1, 0.15) is 15.2 Å². The van der Waals surface area contributed by atoms with Crippen molar-refractivity contribution in [3.8, 4) is 11.8 Å². The van der Waals surface area contributed by atoms with Gasteiger partial charge in [-0.05, 0) is 48.5 Å². The van der Waals surface area contributed by atoms with Crippen molar-refractivity contribution in [2.24, 2.45) is 0 Å². The molecule has 0 radical (unpaired) electrons.